The van der Waals surface area contributed by atoms with Gasteiger partial charge in [-0.15, -0.1) is 0 Å². The molecule has 0 N–H and O–H groups in total. The molecule has 1 aromatic carbocycles. The van der Waals surface area contributed by atoms with Crippen molar-refractivity contribution in [1.29, 1.82) is 5.26 Å². The molecular formula is C14H17FN2. The zero-order chi connectivity index (χ0) is 12.3. The lowest BCUT2D eigenvalue weighted by Crippen LogP contribution is -2.34. The Balaban J connectivity index is 2.11. The van der Waals surface area contributed by atoms with Crippen molar-refractivity contribution >= 4 is 0 Å². The zero-order valence-corrected chi connectivity index (χ0v) is 10.1. The van der Waals surface area contributed by atoms with Gasteiger partial charge in [-0.1, -0.05) is 19.1 Å². The molecule has 2 nitrogen and oxygen atoms in total. The van der Waals surface area contributed by atoms with Gasteiger partial charge in [0.2, 0.25) is 0 Å². The van der Waals surface area contributed by atoms with Crippen molar-refractivity contribution in [2.45, 2.75) is 26.3 Å². The Morgan fingerprint density at radius 2 is 2.35 bits per heavy atom. The number of piperidine rings is 1. The van der Waals surface area contributed by atoms with Gasteiger partial charge in [0, 0.05) is 18.7 Å². The van der Waals surface area contributed by atoms with Crippen molar-refractivity contribution in [3.8, 4) is 6.07 Å². The summed E-state index contributed by atoms with van der Waals surface area (Å²) in [6.45, 7) is 4.90. The monoisotopic (exact) mass is 232 g/mol. The quantitative estimate of drug-likeness (QED) is 0.784. The third kappa shape index (κ3) is 2.83. The summed E-state index contributed by atoms with van der Waals surface area (Å²) >= 11 is 0. The van der Waals surface area contributed by atoms with Gasteiger partial charge in [-0.2, -0.15) is 5.26 Å². The van der Waals surface area contributed by atoms with Crippen LogP contribution in [0.5, 0.6) is 0 Å². The van der Waals surface area contributed by atoms with E-state index in [1.165, 1.54) is 18.9 Å². The van der Waals surface area contributed by atoms with E-state index in [9.17, 15) is 4.39 Å². The fourth-order valence-corrected chi connectivity index (χ4v) is 2.46. The normalized spacial score (nSPS) is 21.1. The highest BCUT2D eigenvalue weighted by Gasteiger charge is 2.18. The third-order valence-corrected chi connectivity index (χ3v) is 3.33. The van der Waals surface area contributed by atoms with Gasteiger partial charge < -0.3 is 0 Å². The van der Waals surface area contributed by atoms with Crippen LogP contribution in [0.2, 0.25) is 0 Å². The summed E-state index contributed by atoms with van der Waals surface area (Å²) in [4.78, 5) is 2.27. The number of hydrogen-bond donors (Lipinski definition) is 0. The van der Waals surface area contributed by atoms with Gasteiger partial charge >= 0.3 is 0 Å². The van der Waals surface area contributed by atoms with Crippen LogP contribution in [-0.2, 0) is 6.54 Å². The largest absolute Gasteiger partial charge is 0.299 e. The summed E-state index contributed by atoms with van der Waals surface area (Å²) in [5, 5.41) is 8.79. The van der Waals surface area contributed by atoms with E-state index in [0.717, 1.165) is 13.1 Å². The molecule has 0 aromatic heterocycles. The van der Waals surface area contributed by atoms with Crippen LogP contribution < -0.4 is 0 Å². The lowest BCUT2D eigenvalue weighted by molar-refractivity contribution is 0.175. The van der Waals surface area contributed by atoms with Gasteiger partial charge in [-0.3, -0.25) is 4.90 Å². The molecule has 1 heterocycles. The molecular weight excluding hydrogens is 215 g/mol. The summed E-state index contributed by atoms with van der Waals surface area (Å²) in [6, 6.07) is 6.94. The van der Waals surface area contributed by atoms with Gasteiger partial charge in [0.15, 0.2) is 0 Å². The summed E-state index contributed by atoms with van der Waals surface area (Å²) in [5.41, 5.74) is 0.783. The second-order valence-corrected chi connectivity index (χ2v) is 4.87. The Morgan fingerprint density at radius 1 is 1.53 bits per heavy atom. The molecule has 0 aliphatic carbocycles. The highest BCUT2D eigenvalue weighted by atomic mass is 19.1. The number of nitriles is 1. The standard InChI is InChI=1S/C14H17FN2/c1-11-4-3-7-17(9-11)10-13-6-2-5-12(8-16)14(13)15/h2,5-6,11H,3-4,7,9-10H2,1H3. The van der Waals surface area contributed by atoms with E-state index in [4.69, 9.17) is 5.26 Å². The number of likely N-dealkylation sites (tertiary alicyclic amines) is 1. The highest BCUT2D eigenvalue weighted by molar-refractivity contribution is 5.34. The molecule has 1 aliphatic heterocycles. The predicted molar refractivity (Wildman–Crippen MR) is 64.8 cm³/mol. The second-order valence-electron chi connectivity index (χ2n) is 4.87. The topological polar surface area (TPSA) is 27.0 Å². The smallest absolute Gasteiger partial charge is 0.145 e. The maximum absolute atomic E-state index is 13.9. The molecule has 2 rings (SSSR count). The van der Waals surface area contributed by atoms with Gasteiger partial charge in [0.25, 0.3) is 0 Å². The van der Waals surface area contributed by atoms with Crippen molar-refractivity contribution in [2.24, 2.45) is 5.92 Å². The number of rotatable bonds is 2. The van der Waals surface area contributed by atoms with E-state index >= 15 is 0 Å². The molecule has 1 unspecified atom stereocenters. The number of hydrogen-bond acceptors (Lipinski definition) is 2. The van der Waals surface area contributed by atoms with Crippen LogP contribution in [0.4, 0.5) is 4.39 Å². The minimum atomic E-state index is -0.353. The molecule has 0 radical (unpaired) electrons. The van der Waals surface area contributed by atoms with E-state index in [1.807, 2.05) is 6.07 Å². The van der Waals surface area contributed by atoms with Gasteiger partial charge in [-0.25, -0.2) is 4.39 Å². The fourth-order valence-electron chi connectivity index (χ4n) is 2.46. The maximum atomic E-state index is 13.9. The Hall–Kier alpha value is -1.40. The Morgan fingerprint density at radius 3 is 3.06 bits per heavy atom. The first kappa shape index (κ1) is 12.1. The summed E-state index contributed by atoms with van der Waals surface area (Å²) in [7, 11) is 0. The average molecular weight is 232 g/mol. The molecule has 0 saturated carbocycles. The Bertz CT molecular complexity index is 436. The van der Waals surface area contributed by atoms with Crippen LogP contribution in [0.1, 0.15) is 30.9 Å². The van der Waals surface area contributed by atoms with Crippen LogP contribution in [-0.4, -0.2) is 18.0 Å². The first-order chi connectivity index (χ1) is 8.20. The van der Waals surface area contributed by atoms with Crippen LogP contribution in [0.25, 0.3) is 0 Å². The Kier molecular flexibility index (Phi) is 3.75. The number of halogens is 1. The van der Waals surface area contributed by atoms with Crippen LogP contribution in [0.15, 0.2) is 18.2 Å². The van der Waals surface area contributed by atoms with E-state index < -0.39 is 0 Å². The van der Waals surface area contributed by atoms with Crippen molar-refractivity contribution in [1.82, 2.24) is 4.90 Å². The van der Waals surface area contributed by atoms with Crippen LogP contribution in [0.3, 0.4) is 0 Å². The minimum Gasteiger partial charge on any atom is -0.299 e. The summed E-state index contributed by atoms with van der Waals surface area (Å²) in [5.74, 6) is 0.333. The van der Waals surface area contributed by atoms with Gasteiger partial charge in [0.1, 0.15) is 11.9 Å². The SMILES string of the molecule is CC1CCCN(Cc2cccc(C#N)c2F)C1. The second kappa shape index (κ2) is 5.29. The molecule has 0 bridgehead atoms. The van der Waals surface area contributed by atoms with Gasteiger partial charge in [-0.05, 0) is 31.4 Å². The van der Waals surface area contributed by atoms with E-state index in [1.54, 1.807) is 12.1 Å². The van der Waals surface area contributed by atoms with Crippen LogP contribution >= 0.6 is 0 Å². The molecule has 0 amide bonds. The molecule has 0 spiro atoms. The Labute approximate surface area is 102 Å². The molecule has 90 valence electrons. The highest BCUT2D eigenvalue weighted by Crippen LogP contribution is 2.20. The maximum Gasteiger partial charge on any atom is 0.145 e. The molecule has 1 aromatic rings. The third-order valence-electron chi connectivity index (χ3n) is 3.33. The van der Waals surface area contributed by atoms with E-state index in [-0.39, 0.29) is 11.4 Å². The molecule has 1 fully saturated rings. The lowest BCUT2D eigenvalue weighted by Gasteiger charge is -2.30. The van der Waals surface area contributed by atoms with Crippen molar-refractivity contribution < 1.29 is 4.39 Å². The molecule has 17 heavy (non-hydrogen) atoms. The zero-order valence-electron chi connectivity index (χ0n) is 10.1. The molecule has 1 atom stereocenters. The predicted octanol–water partition coefficient (Wildman–Crippen LogP) is 2.93. The number of nitrogens with zero attached hydrogens (tertiary/aromatic N) is 2. The van der Waals surface area contributed by atoms with Crippen LogP contribution in [0, 0.1) is 23.1 Å². The first-order valence-corrected chi connectivity index (χ1v) is 6.10. The van der Waals surface area contributed by atoms with Crippen molar-refractivity contribution in [2.75, 3.05) is 13.1 Å². The van der Waals surface area contributed by atoms with E-state index in [0.29, 0.717) is 18.0 Å². The first-order valence-electron chi connectivity index (χ1n) is 6.10. The summed E-state index contributed by atoms with van der Waals surface area (Å²) in [6.07, 6.45) is 2.44. The molecule has 3 heteroatoms. The summed E-state index contributed by atoms with van der Waals surface area (Å²) < 4.78 is 13.9. The fraction of sp³-hybridized carbons (Fsp3) is 0.500. The van der Waals surface area contributed by atoms with Crippen molar-refractivity contribution in [3.63, 3.8) is 0 Å². The average Bonchev–Trinajstić information content (AvgIpc) is 2.32. The number of benzene rings is 1. The van der Waals surface area contributed by atoms with Gasteiger partial charge in [0.05, 0.1) is 5.56 Å². The minimum absolute atomic E-state index is 0.146. The molecule has 1 saturated heterocycles. The van der Waals surface area contributed by atoms with E-state index in [2.05, 4.69) is 11.8 Å². The van der Waals surface area contributed by atoms with Crippen molar-refractivity contribution in [3.05, 3.63) is 35.1 Å². The lowest BCUT2D eigenvalue weighted by atomic mass is 9.99. The molecule has 1 aliphatic rings.